The van der Waals surface area contributed by atoms with Crippen LogP contribution < -0.4 is 0 Å². The van der Waals surface area contributed by atoms with Gasteiger partial charge in [0.05, 0.1) is 6.61 Å². The first-order chi connectivity index (χ1) is 11.5. The van der Waals surface area contributed by atoms with Gasteiger partial charge in [-0.2, -0.15) is 0 Å². The standard InChI is InChI=1S/C19H42O4Si2/c1-8-9-10-11-12-13-14-15-19(20)21-16-18(23-25(5,6)7)17-22-24(2,3)4/h18H,8-17H2,1-7H3. The summed E-state index contributed by atoms with van der Waals surface area (Å²) in [6.07, 6.45) is 8.82. The molecule has 4 nitrogen and oxygen atoms in total. The zero-order valence-corrected chi connectivity index (χ0v) is 19.8. The van der Waals surface area contributed by atoms with E-state index in [1.807, 2.05) is 0 Å². The van der Waals surface area contributed by atoms with Crippen molar-refractivity contribution in [3.8, 4) is 0 Å². The van der Waals surface area contributed by atoms with E-state index in [9.17, 15) is 4.79 Å². The number of hydrogen-bond acceptors (Lipinski definition) is 4. The summed E-state index contributed by atoms with van der Waals surface area (Å²) in [4.78, 5) is 12.0. The van der Waals surface area contributed by atoms with Gasteiger partial charge in [0.15, 0.2) is 16.6 Å². The molecule has 1 unspecified atom stereocenters. The van der Waals surface area contributed by atoms with E-state index in [2.05, 4.69) is 46.2 Å². The average molecular weight is 391 g/mol. The van der Waals surface area contributed by atoms with Crippen LogP contribution in [0.3, 0.4) is 0 Å². The minimum atomic E-state index is -1.69. The molecule has 0 aromatic carbocycles. The minimum absolute atomic E-state index is 0.106. The molecule has 0 aromatic heterocycles. The predicted molar refractivity (Wildman–Crippen MR) is 111 cm³/mol. The monoisotopic (exact) mass is 390 g/mol. The van der Waals surface area contributed by atoms with Crippen LogP contribution in [0.15, 0.2) is 0 Å². The van der Waals surface area contributed by atoms with E-state index in [1.54, 1.807) is 0 Å². The van der Waals surface area contributed by atoms with Crippen molar-refractivity contribution in [2.24, 2.45) is 0 Å². The molecule has 0 radical (unpaired) electrons. The highest BCUT2D eigenvalue weighted by Gasteiger charge is 2.25. The van der Waals surface area contributed by atoms with Crippen LogP contribution >= 0.6 is 0 Å². The molecule has 1 atom stereocenters. The van der Waals surface area contributed by atoms with Crippen molar-refractivity contribution < 1.29 is 18.4 Å². The summed E-state index contributed by atoms with van der Waals surface area (Å²) < 4.78 is 17.5. The second-order valence-corrected chi connectivity index (χ2v) is 17.8. The first-order valence-electron chi connectivity index (χ1n) is 10.0. The largest absolute Gasteiger partial charge is 0.463 e. The summed E-state index contributed by atoms with van der Waals surface area (Å²) in [7, 11) is -3.29. The highest BCUT2D eigenvalue weighted by Crippen LogP contribution is 2.13. The van der Waals surface area contributed by atoms with Crippen LogP contribution in [0.2, 0.25) is 39.3 Å². The molecule has 0 heterocycles. The van der Waals surface area contributed by atoms with E-state index in [0.29, 0.717) is 19.6 Å². The lowest BCUT2D eigenvalue weighted by atomic mass is 10.1. The third-order valence-corrected chi connectivity index (χ3v) is 5.71. The van der Waals surface area contributed by atoms with Crippen LogP contribution in [-0.4, -0.2) is 41.9 Å². The van der Waals surface area contributed by atoms with Crippen LogP contribution in [0.25, 0.3) is 0 Å². The van der Waals surface area contributed by atoms with Gasteiger partial charge >= 0.3 is 5.97 Å². The molecular formula is C19H42O4Si2. The van der Waals surface area contributed by atoms with Crippen LogP contribution in [-0.2, 0) is 18.4 Å². The van der Waals surface area contributed by atoms with Crippen LogP contribution in [0.4, 0.5) is 0 Å². The molecule has 0 aromatic rings. The number of hydrogen-bond donors (Lipinski definition) is 0. The Balaban J connectivity index is 4.02. The van der Waals surface area contributed by atoms with Crippen molar-refractivity contribution in [2.45, 2.75) is 104 Å². The number of unbranched alkanes of at least 4 members (excludes halogenated alkanes) is 6. The molecule has 0 aliphatic heterocycles. The fourth-order valence-corrected chi connectivity index (χ4v) is 4.27. The average Bonchev–Trinajstić information content (AvgIpc) is 2.47. The Labute approximate surface area is 158 Å². The van der Waals surface area contributed by atoms with E-state index >= 15 is 0 Å². The summed E-state index contributed by atoms with van der Waals surface area (Å²) >= 11 is 0. The third-order valence-electron chi connectivity index (χ3n) is 3.64. The summed E-state index contributed by atoms with van der Waals surface area (Å²) in [6.45, 7) is 16.0. The summed E-state index contributed by atoms with van der Waals surface area (Å²) in [6, 6.07) is 0. The smallest absolute Gasteiger partial charge is 0.305 e. The van der Waals surface area contributed by atoms with Crippen molar-refractivity contribution in [3.05, 3.63) is 0 Å². The van der Waals surface area contributed by atoms with E-state index in [-0.39, 0.29) is 12.1 Å². The van der Waals surface area contributed by atoms with Gasteiger partial charge in [0.25, 0.3) is 0 Å². The SMILES string of the molecule is CCCCCCCCCC(=O)OCC(CO[Si](C)(C)C)O[Si](C)(C)C. The Hall–Kier alpha value is -0.176. The fourth-order valence-electron chi connectivity index (χ4n) is 2.44. The molecule has 0 amide bonds. The van der Waals surface area contributed by atoms with Crippen LogP contribution in [0.5, 0.6) is 0 Å². The second-order valence-electron chi connectivity index (χ2n) is 8.83. The topological polar surface area (TPSA) is 44.8 Å². The number of rotatable bonds is 15. The predicted octanol–water partition coefficient (Wildman–Crippen LogP) is 5.74. The van der Waals surface area contributed by atoms with Gasteiger partial charge in [-0.25, -0.2) is 0 Å². The number of esters is 1. The van der Waals surface area contributed by atoms with E-state index in [4.69, 9.17) is 13.6 Å². The number of ether oxygens (including phenoxy) is 1. The van der Waals surface area contributed by atoms with Gasteiger partial charge in [-0.3, -0.25) is 4.79 Å². The molecule has 0 N–H and O–H groups in total. The van der Waals surface area contributed by atoms with Gasteiger partial charge in [0.1, 0.15) is 12.7 Å². The zero-order chi connectivity index (χ0) is 19.3. The molecule has 0 saturated heterocycles. The molecule has 150 valence electrons. The molecule has 6 heteroatoms. The number of carbonyl (C=O) groups excluding carboxylic acids is 1. The lowest BCUT2D eigenvalue weighted by Crippen LogP contribution is -2.40. The Morgan fingerprint density at radius 1 is 0.800 bits per heavy atom. The Bertz CT molecular complexity index is 348. The molecule has 0 saturated carbocycles. The molecular weight excluding hydrogens is 348 g/mol. The lowest BCUT2D eigenvalue weighted by Gasteiger charge is -2.28. The Kier molecular flexibility index (Phi) is 13.0. The highest BCUT2D eigenvalue weighted by molar-refractivity contribution is 6.70. The summed E-state index contributed by atoms with van der Waals surface area (Å²) in [5.74, 6) is -0.106. The van der Waals surface area contributed by atoms with E-state index < -0.39 is 16.6 Å². The molecule has 25 heavy (non-hydrogen) atoms. The zero-order valence-electron chi connectivity index (χ0n) is 17.8. The quantitative estimate of drug-likeness (QED) is 0.203. The maximum Gasteiger partial charge on any atom is 0.305 e. The van der Waals surface area contributed by atoms with Crippen molar-refractivity contribution in [1.29, 1.82) is 0 Å². The van der Waals surface area contributed by atoms with Crippen molar-refractivity contribution >= 4 is 22.6 Å². The van der Waals surface area contributed by atoms with Gasteiger partial charge in [-0.05, 0) is 45.7 Å². The van der Waals surface area contributed by atoms with E-state index in [0.717, 1.165) is 12.8 Å². The minimum Gasteiger partial charge on any atom is -0.463 e. The maximum atomic E-state index is 12.0. The normalized spacial score (nSPS) is 13.7. The van der Waals surface area contributed by atoms with Crippen LogP contribution in [0, 0.1) is 0 Å². The van der Waals surface area contributed by atoms with Gasteiger partial charge in [-0.15, -0.1) is 0 Å². The van der Waals surface area contributed by atoms with Gasteiger partial charge in [-0.1, -0.05) is 45.4 Å². The first-order valence-corrected chi connectivity index (χ1v) is 16.8. The van der Waals surface area contributed by atoms with Gasteiger partial charge in [0.2, 0.25) is 0 Å². The highest BCUT2D eigenvalue weighted by atomic mass is 28.4. The van der Waals surface area contributed by atoms with Crippen molar-refractivity contribution in [3.63, 3.8) is 0 Å². The van der Waals surface area contributed by atoms with Crippen molar-refractivity contribution in [1.82, 2.24) is 0 Å². The number of carbonyl (C=O) groups is 1. The molecule has 0 fully saturated rings. The van der Waals surface area contributed by atoms with Gasteiger partial charge < -0.3 is 13.6 Å². The van der Waals surface area contributed by atoms with E-state index in [1.165, 1.54) is 32.1 Å². The van der Waals surface area contributed by atoms with Crippen molar-refractivity contribution in [2.75, 3.05) is 13.2 Å². The molecule has 0 bridgehead atoms. The van der Waals surface area contributed by atoms with Crippen LogP contribution in [0.1, 0.15) is 58.3 Å². The summed E-state index contributed by atoms with van der Waals surface area (Å²) in [5.41, 5.74) is 0. The maximum absolute atomic E-state index is 12.0. The lowest BCUT2D eigenvalue weighted by molar-refractivity contribution is -0.146. The second kappa shape index (κ2) is 13.1. The third kappa shape index (κ3) is 18.4. The summed E-state index contributed by atoms with van der Waals surface area (Å²) in [5, 5.41) is 0. The Morgan fingerprint density at radius 2 is 1.36 bits per heavy atom. The molecule has 0 spiro atoms. The fraction of sp³-hybridized carbons (Fsp3) is 0.947. The Morgan fingerprint density at radius 3 is 1.88 bits per heavy atom. The molecule has 0 aliphatic carbocycles. The molecule has 0 rings (SSSR count). The molecule has 0 aliphatic rings. The first kappa shape index (κ1) is 24.8. The van der Waals surface area contributed by atoms with Gasteiger partial charge in [0, 0.05) is 6.42 Å².